The van der Waals surface area contributed by atoms with Gasteiger partial charge in [0.15, 0.2) is 6.29 Å². The van der Waals surface area contributed by atoms with Crippen molar-refractivity contribution in [2.45, 2.75) is 0 Å². The fourth-order valence-electron chi connectivity index (χ4n) is 1.43. The molecule has 1 aromatic heterocycles. The molecule has 5 heteroatoms. The van der Waals surface area contributed by atoms with Gasteiger partial charge in [-0.05, 0) is 18.2 Å². The predicted octanol–water partition coefficient (Wildman–Crippen LogP) is 3.06. The maximum Gasteiger partial charge on any atom is 0.345 e. The summed E-state index contributed by atoms with van der Waals surface area (Å²) in [7, 11) is 0. The molecule has 17 heavy (non-hydrogen) atoms. The molecule has 0 fully saturated rings. The van der Waals surface area contributed by atoms with Gasteiger partial charge >= 0.3 is 5.97 Å². The Morgan fingerprint density at radius 2 is 2.06 bits per heavy atom. The second-order valence-electron chi connectivity index (χ2n) is 3.30. The van der Waals surface area contributed by atoms with Crippen molar-refractivity contribution in [2.75, 3.05) is 0 Å². The number of thiophene rings is 1. The molecule has 0 atom stereocenters. The Hall–Kier alpha value is -2.01. The van der Waals surface area contributed by atoms with Gasteiger partial charge in [0, 0.05) is 10.4 Å². The highest BCUT2D eigenvalue weighted by molar-refractivity contribution is 7.17. The Labute approximate surface area is 100 Å². The Kier molecular flexibility index (Phi) is 3.01. The van der Waals surface area contributed by atoms with Gasteiger partial charge < -0.3 is 5.11 Å². The van der Waals surface area contributed by atoms with E-state index in [0.29, 0.717) is 11.2 Å². The van der Waals surface area contributed by atoms with Crippen molar-refractivity contribution >= 4 is 23.6 Å². The van der Waals surface area contributed by atoms with Crippen molar-refractivity contribution in [2.24, 2.45) is 0 Å². The standard InChI is InChI=1S/C12H7FO3S/c13-11-7(6-14)2-1-3-8(11)9-4-5-10(17-9)12(15)16/h1-6H,(H,15,16). The summed E-state index contributed by atoms with van der Waals surface area (Å²) < 4.78 is 13.8. The van der Waals surface area contributed by atoms with Crippen LogP contribution in [0.3, 0.4) is 0 Å². The summed E-state index contributed by atoms with van der Waals surface area (Å²) in [5.41, 5.74) is 0.208. The van der Waals surface area contributed by atoms with Gasteiger partial charge in [-0.15, -0.1) is 11.3 Å². The first-order chi connectivity index (χ1) is 8.13. The van der Waals surface area contributed by atoms with Crippen LogP contribution in [0.25, 0.3) is 10.4 Å². The molecule has 0 aliphatic heterocycles. The lowest BCUT2D eigenvalue weighted by molar-refractivity contribution is 0.0702. The molecular weight excluding hydrogens is 243 g/mol. The number of hydrogen-bond acceptors (Lipinski definition) is 3. The van der Waals surface area contributed by atoms with Crippen LogP contribution in [-0.4, -0.2) is 17.4 Å². The van der Waals surface area contributed by atoms with E-state index < -0.39 is 11.8 Å². The van der Waals surface area contributed by atoms with Crippen LogP contribution in [0.1, 0.15) is 20.0 Å². The average Bonchev–Trinajstić information content (AvgIpc) is 2.78. The van der Waals surface area contributed by atoms with Crippen LogP contribution in [0, 0.1) is 5.82 Å². The summed E-state index contributed by atoms with van der Waals surface area (Å²) in [5, 5.41) is 8.78. The quantitative estimate of drug-likeness (QED) is 0.852. The van der Waals surface area contributed by atoms with Crippen molar-refractivity contribution in [1.29, 1.82) is 0 Å². The number of carboxylic acids is 1. The first kappa shape index (κ1) is 11.5. The molecule has 1 heterocycles. The maximum absolute atomic E-state index is 13.8. The van der Waals surface area contributed by atoms with E-state index in [4.69, 9.17) is 5.11 Å². The topological polar surface area (TPSA) is 54.4 Å². The Morgan fingerprint density at radius 1 is 1.29 bits per heavy atom. The average molecular weight is 250 g/mol. The second kappa shape index (κ2) is 4.47. The third kappa shape index (κ3) is 2.09. The van der Waals surface area contributed by atoms with Gasteiger partial charge in [-0.3, -0.25) is 4.79 Å². The van der Waals surface area contributed by atoms with Crippen molar-refractivity contribution in [3.8, 4) is 10.4 Å². The molecule has 0 saturated heterocycles. The van der Waals surface area contributed by atoms with Crippen LogP contribution in [0.4, 0.5) is 4.39 Å². The smallest absolute Gasteiger partial charge is 0.345 e. The third-order valence-corrected chi connectivity index (χ3v) is 3.34. The summed E-state index contributed by atoms with van der Waals surface area (Å²) in [6.07, 6.45) is 0.435. The van der Waals surface area contributed by atoms with Crippen molar-refractivity contribution < 1.29 is 19.1 Å². The maximum atomic E-state index is 13.8. The summed E-state index contributed by atoms with van der Waals surface area (Å²) in [6, 6.07) is 7.39. The zero-order valence-corrected chi connectivity index (χ0v) is 9.33. The number of aromatic carboxylic acids is 1. The van der Waals surface area contributed by atoms with Gasteiger partial charge in [0.05, 0.1) is 5.56 Å². The molecule has 1 N–H and O–H groups in total. The molecule has 0 saturated carbocycles. The van der Waals surface area contributed by atoms with Crippen LogP contribution in [0.5, 0.6) is 0 Å². The summed E-state index contributed by atoms with van der Waals surface area (Å²) in [4.78, 5) is 21.9. The van der Waals surface area contributed by atoms with Crippen LogP contribution in [-0.2, 0) is 0 Å². The first-order valence-corrected chi connectivity index (χ1v) is 5.52. The number of carbonyl (C=O) groups excluding carboxylic acids is 1. The summed E-state index contributed by atoms with van der Waals surface area (Å²) in [5.74, 6) is -1.67. The van der Waals surface area contributed by atoms with Crippen LogP contribution in [0.15, 0.2) is 30.3 Å². The van der Waals surface area contributed by atoms with Crippen molar-refractivity contribution in [3.05, 3.63) is 46.6 Å². The molecule has 86 valence electrons. The molecule has 0 spiro atoms. The Bertz CT molecular complexity index is 589. The van der Waals surface area contributed by atoms with Crippen LogP contribution < -0.4 is 0 Å². The van der Waals surface area contributed by atoms with Crippen molar-refractivity contribution in [3.63, 3.8) is 0 Å². The molecule has 2 aromatic rings. The monoisotopic (exact) mass is 250 g/mol. The van der Waals surface area contributed by atoms with E-state index >= 15 is 0 Å². The Balaban J connectivity index is 2.52. The lowest BCUT2D eigenvalue weighted by atomic mass is 10.1. The number of carbonyl (C=O) groups is 2. The molecule has 0 amide bonds. The minimum absolute atomic E-state index is 0.0345. The van der Waals surface area contributed by atoms with E-state index in [-0.39, 0.29) is 16.0 Å². The number of carboxylic acid groups (broad SMARTS) is 1. The number of halogens is 1. The summed E-state index contributed by atoms with van der Waals surface area (Å²) >= 11 is 0.972. The highest BCUT2D eigenvalue weighted by Gasteiger charge is 2.13. The SMILES string of the molecule is O=Cc1cccc(-c2ccc(C(=O)O)s2)c1F. The first-order valence-electron chi connectivity index (χ1n) is 4.70. The lowest BCUT2D eigenvalue weighted by Crippen LogP contribution is -1.90. The molecule has 0 bridgehead atoms. The Morgan fingerprint density at radius 3 is 2.65 bits per heavy atom. The molecule has 0 aliphatic rings. The number of rotatable bonds is 3. The van der Waals surface area contributed by atoms with E-state index in [0.717, 1.165) is 11.3 Å². The zero-order valence-electron chi connectivity index (χ0n) is 8.51. The normalized spacial score (nSPS) is 10.2. The molecular formula is C12H7FO3S. The number of aldehydes is 1. The van der Waals surface area contributed by atoms with Crippen molar-refractivity contribution in [1.82, 2.24) is 0 Å². The van der Waals surface area contributed by atoms with E-state index in [1.54, 1.807) is 6.07 Å². The second-order valence-corrected chi connectivity index (χ2v) is 4.38. The highest BCUT2D eigenvalue weighted by Crippen LogP contribution is 2.30. The van der Waals surface area contributed by atoms with E-state index in [1.165, 1.54) is 24.3 Å². The third-order valence-electron chi connectivity index (χ3n) is 2.24. The zero-order chi connectivity index (χ0) is 12.4. The molecule has 2 rings (SSSR count). The largest absolute Gasteiger partial charge is 0.477 e. The molecule has 3 nitrogen and oxygen atoms in total. The fraction of sp³-hybridized carbons (Fsp3) is 0. The van der Waals surface area contributed by atoms with Gasteiger partial charge in [0.2, 0.25) is 0 Å². The minimum atomic E-state index is -1.05. The van der Waals surface area contributed by atoms with Gasteiger partial charge in [-0.2, -0.15) is 0 Å². The van der Waals surface area contributed by atoms with Gasteiger partial charge in [-0.1, -0.05) is 12.1 Å². The van der Waals surface area contributed by atoms with E-state index in [1.807, 2.05) is 0 Å². The van der Waals surface area contributed by atoms with E-state index in [2.05, 4.69) is 0 Å². The molecule has 1 aromatic carbocycles. The number of benzene rings is 1. The van der Waals surface area contributed by atoms with Gasteiger partial charge in [-0.25, -0.2) is 9.18 Å². The molecule has 0 aliphatic carbocycles. The van der Waals surface area contributed by atoms with E-state index in [9.17, 15) is 14.0 Å². The highest BCUT2D eigenvalue weighted by atomic mass is 32.1. The van der Waals surface area contributed by atoms with Gasteiger partial charge in [0.1, 0.15) is 10.7 Å². The molecule has 0 unspecified atom stereocenters. The summed E-state index contributed by atoms with van der Waals surface area (Å²) in [6.45, 7) is 0. The predicted molar refractivity (Wildman–Crippen MR) is 62.1 cm³/mol. The number of hydrogen-bond donors (Lipinski definition) is 1. The molecule has 0 radical (unpaired) electrons. The minimum Gasteiger partial charge on any atom is -0.477 e. The lowest BCUT2D eigenvalue weighted by Gasteiger charge is -2.01. The fourth-order valence-corrected chi connectivity index (χ4v) is 2.29. The van der Waals surface area contributed by atoms with Crippen LogP contribution in [0.2, 0.25) is 0 Å². The van der Waals surface area contributed by atoms with Crippen LogP contribution >= 0.6 is 11.3 Å². The van der Waals surface area contributed by atoms with Gasteiger partial charge in [0.25, 0.3) is 0 Å².